The second-order valence-corrected chi connectivity index (χ2v) is 32.6. The van der Waals surface area contributed by atoms with E-state index in [2.05, 4.69) is 65.1 Å². The van der Waals surface area contributed by atoms with Crippen molar-refractivity contribution in [2.24, 2.45) is 27.1 Å². The average molecular weight is 1490 g/mol. The highest BCUT2D eigenvalue weighted by Gasteiger charge is 2.45. The van der Waals surface area contributed by atoms with Crippen molar-refractivity contribution >= 4 is 47.5 Å². The van der Waals surface area contributed by atoms with Crippen LogP contribution in [0, 0.1) is 118 Å². The summed E-state index contributed by atoms with van der Waals surface area (Å²) in [4.78, 5) is 122. The van der Waals surface area contributed by atoms with Gasteiger partial charge in [0.1, 0.15) is 97.3 Å². The topological polar surface area (TPSA) is 425 Å². The molecular formula is C81H100N16O12. The first-order valence-corrected chi connectivity index (χ1v) is 37.7. The molecule has 4 saturated heterocycles. The monoisotopic (exact) mass is 1490 g/mol. The van der Waals surface area contributed by atoms with Crippen LogP contribution in [-0.4, -0.2) is 172 Å². The first-order valence-electron chi connectivity index (χ1n) is 37.7. The molecular weight excluding hydrogens is 1390 g/mol. The Morgan fingerprint density at radius 2 is 0.505 bits per heavy atom. The fraction of sp³-hybridized carbons (Fsp3) is 0.605. The van der Waals surface area contributed by atoms with Gasteiger partial charge in [0.2, 0.25) is 0 Å². The standard InChI is InChI=1S/C81H100N16O12/c1-77(2)33-53(57(45-82)65(37-77)94-21-9-10-22-94)61(49-86)73(102)90-17-29-106-69(98)41-81(42-70(99)107-30-18-91-74(103)62(50-87)54-34-78(3,4)38-66(58(54)46-83)95-23-11-12-24-95,43-71(100)108-31-19-92-75(104)63(51-88)55-35-79(5,6)39-67(59(55)47-84)96-25-13-14-26-96)44-72(101)109-32-20-93-76(105)64(52-89)56-36-80(7,8)40-68(60(56)48-85)97-27-15-16-28-97/h9-44H2,1-8H3,(H,90,102)(H,91,103)(H,92,104)(H,93,105)/b61-53-,62-54+,63-55+,64-56+. The van der Waals surface area contributed by atoms with E-state index in [1.807, 2.05) is 79.7 Å². The molecule has 8 rings (SSSR count). The third-order valence-electron chi connectivity index (χ3n) is 21.2. The number of rotatable bonds is 28. The molecule has 28 nitrogen and oxygen atoms in total. The zero-order chi connectivity index (χ0) is 79.4. The van der Waals surface area contributed by atoms with E-state index >= 15 is 0 Å². The van der Waals surface area contributed by atoms with E-state index in [1.54, 1.807) is 0 Å². The van der Waals surface area contributed by atoms with Gasteiger partial charge in [0.15, 0.2) is 0 Å². The summed E-state index contributed by atoms with van der Waals surface area (Å²) >= 11 is 0. The van der Waals surface area contributed by atoms with E-state index in [-0.39, 0.29) is 119 Å². The lowest BCUT2D eigenvalue weighted by Crippen LogP contribution is -2.38. The number of nitrogens with zero attached hydrogens (tertiary/aromatic N) is 12. The molecule has 4 fully saturated rings. The van der Waals surface area contributed by atoms with E-state index in [9.17, 15) is 80.5 Å². The number of nitrogens with one attached hydrogen (secondary N) is 4. The lowest BCUT2D eigenvalue weighted by Gasteiger charge is -2.37. The van der Waals surface area contributed by atoms with Gasteiger partial charge in [-0.3, -0.25) is 38.4 Å². The summed E-state index contributed by atoms with van der Waals surface area (Å²) in [7, 11) is 0. The molecule has 0 radical (unpaired) electrons. The number of hydrogen-bond donors (Lipinski definition) is 4. The fourth-order valence-corrected chi connectivity index (χ4v) is 16.3. The molecule has 4 heterocycles. The first-order chi connectivity index (χ1) is 51.9. The normalized spacial score (nSPS) is 21.1. The molecule has 4 aliphatic carbocycles. The number of ether oxygens (including phenoxy) is 4. The zero-order valence-corrected chi connectivity index (χ0v) is 64.2. The number of carbonyl (C=O) groups is 8. The Labute approximate surface area is 638 Å². The van der Waals surface area contributed by atoms with Gasteiger partial charge in [-0.1, -0.05) is 55.4 Å². The average Bonchev–Trinajstić information content (AvgIpc) is 1.68. The van der Waals surface area contributed by atoms with Crippen LogP contribution < -0.4 is 21.3 Å². The lowest BCUT2D eigenvalue weighted by molar-refractivity contribution is -0.159. The van der Waals surface area contributed by atoms with Crippen molar-refractivity contribution in [2.75, 3.05) is 105 Å². The van der Waals surface area contributed by atoms with E-state index in [1.165, 1.54) is 0 Å². The van der Waals surface area contributed by atoms with Gasteiger partial charge in [-0.25, -0.2) is 0 Å². The molecule has 0 aromatic carbocycles. The predicted octanol–water partition coefficient (Wildman–Crippen LogP) is 8.23. The second kappa shape index (κ2) is 37.1. The van der Waals surface area contributed by atoms with Crippen LogP contribution in [0.2, 0.25) is 0 Å². The number of amides is 4. The fourth-order valence-electron chi connectivity index (χ4n) is 16.3. The van der Waals surface area contributed by atoms with Crippen LogP contribution in [-0.2, 0) is 57.3 Å². The van der Waals surface area contributed by atoms with Crippen molar-refractivity contribution in [3.05, 3.63) is 89.7 Å². The molecule has 4 N–H and O–H groups in total. The highest BCUT2D eigenvalue weighted by molar-refractivity contribution is 6.01. The summed E-state index contributed by atoms with van der Waals surface area (Å²) in [5.41, 5.74) is 0.114. The predicted molar refractivity (Wildman–Crippen MR) is 393 cm³/mol. The maximum atomic E-state index is 14.4. The maximum absolute atomic E-state index is 14.4. The Kier molecular flexibility index (Phi) is 28.4. The molecule has 0 aromatic heterocycles. The van der Waals surface area contributed by atoms with Crippen LogP contribution in [0.1, 0.15) is 184 Å². The Bertz CT molecular complexity index is 3720. The summed E-state index contributed by atoms with van der Waals surface area (Å²) in [5, 5.41) is 94.1. The van der Waals surface area contributed by atoms with Crippen LogP contribution in [0.4, 0.5) is 0 Å². The smallest absolute Gasteiger partial charge is 0.306 e. The minimum absolute atomic E-state index is 0.244. The maximum Gasteiger partial charge on any atom is 0.306 e. The first kappa shape index (κ1) is 83.4. The van der Waals surface area contributed by atoms with Crippen LogP contribution >= 0.6 is 0 Å². The lowest BCUT2D eigenvalue weighted by atomic mass is 9.72. The molecule has 0 spiro atoms. The van der Waals surface area contributed by atoms with Gasteiger partial charge in [-0.15, -0.1) is 0 Å². The molecule has 28 heteroatoms. The van der Waals surface area contributed by atoms with Crippen molar-refractivity contribution in [1.29, 1.82) is 42.1 Å². The van der Waals surface area contributed by atoms with Crippen molar-refractivity contribution in [2.45, 2.75) is 184 Å². The summed E-state index contributed by atoms with van der Waals surface area (Å²) in [5.74, 6) is -7.89. The summed E-state index contributed by atoms with van der Waals surface area (Å²) in [6.07, 6.45) is 6.85. The Morgan fingerprint density at radius 1 is 0.321 bits per heavy atom. The zero-order valence-electron chi connectivity index (χ0n) is 64.2. The Hall–Kier alpha value is -11.2. The minimum Gasteiger partial charge on any atom is -0.464 e. The van der Waals surface area contributed by atoms with Crippen LogP contribution in [0.3, 0.4) is 0 Å². The van der Waals surface area contributed by atoms with Gasteiger partial charge >= 0.3 is 23.9 Å². The van der Waals surface area contributed by atoms with Crippen molar-refractivity contribution in [3.8, 4) is 48.6 Å². The molecule has 576 valence electrons. The molecule has 109 heavy (non-hydrogen) atoms. The van der Waals surface area contributed by atoms with E-state index in [0.29, 0.717) is 25.7 Å². The van der Waals surface area contributed by atoms with Gasteiger partial charge in [0, 0.05) is 80.6 Å². The minimum atomic E-state index is -2.17. The molecule has 0 unspecified atom stereocenters. The van der Waals surface area contributed by atoms with Crippen LogP contribution in [0.25, 0.3) is 0 Å². The quantitative estimate of drug-likeness (QED) is 0.0188. The van der Waals surface area contributed by atoms with E-state index in [0.717, 1.165) is 127 Å². The molecule has 8 aliphatic rings. The molecule has 4 amide bonds. The number of hydrogen-bond acceptors (Lipinski definition) is 24. The molecule has 0 aromatic rings. The van der Waals surface area contributed by atoms with Gasteiger partial charge in [0.25, 0.3) is 23.6 Å². The van der Waals surface area contributed by atoms with E-state index in [4.69, 9.17) is 18.9 Å². The van der Waals surface area contributed by atoms with Crippen molar-refractivity contribution in [1.82, 2.24) is 40.9 Å². The van der Waals surface area contributed by atoms with Gasteiger partial charge in [0.05, 0.1) is 74.2 Å². The highest BCUT2D eigenvalue weighted by Crippen LogP contribution is 2.49. The summed E-state index contributed by atoms with van der Waals surface area (Å²) < 4.78 is 22.5. The summed E-state index contributed by atoms with van der Waals surface area (Å²) in [6.45, 7) is 17.9. The number of esters is 4. The van der Waals surface area contributed by atoms with Crippen LogP contribution in [0.5, 0.6) is 0 Å². The Morgan fingerprint density at radius 3 is 0.670 bits per heavy atom. The SMILES string of the molecule is CC1(C)CC(N2CCCC2)=C(C#N)/C(=C(/C#N)C(=O)NCCOC(=O)CC(CC(=O)OCCNC(=O)/C(C#N)=C2\CC(C)(C)CC(N3CCCC3)=C2C#N)(CC(=O)OCCNC(=O)/C(C#N)=C2\CC(C)(C)CC(N3CCCC3)=C2C#N)CC(=O)OCCNC(=O)/C(C#N)=C2\CC(C)(C)CC(N3CCCC3)=C2C#N)C1. The number of carbonyl (C=O) groups excluding carboxylic acids is 8. The summed E-state index contributed by atoms with van der Waals surface area (Å²) in [6, 6.07) is 16.9. The van der Waals surface area contributed by atoms with Gasteiger partial charge in [-0.05, 0) is 147 Å². The largest absolute Gasteiger partial charge is 0.464 e. The molecule has 0 atom stereocenters. The third-order valence-corrected chi connectivity index (χ3v) is 21.2. The van der Waals surface area contributed by atoms with Crippen LogP contribution in [0.15, 0.2) is 89.7 Å². The van der Waals surface area contributed by atoms with Gasteiger partial charge in [-0.2, -0.15) is 42.1 Å². The van der Waals surface area contributed by atoms with Gasteiger partial charge < -0.3 is 59.8 Å². The molecule has 0 bridgehead atoms. The molecule has 4 aliphatic heterocycles. The van der Waals surface area contributed by atoms with Crippen molar-refractivity contribution in [3.63, 3.8) is 0 Å². The third kappa shape index (κ3) is 21.6. The number of nitriles is 8. The highest BCUT2D eigenvalue weighted by atomic mass is 16.5. The molecule has 0 saturated carbocycles. The second-order valence-electron chi connectivity index (χ2n) is 32.6. The number of likely N-dealkylation sites (tertiary alicyclic amines) is 4. The Balaban J connectivity index is 1.04. The number of allylic oxidation sites excluding steroid dienone is 12. The van der Waals surface area contributed by atoms with Crippen molar-refractivity contribution < 1.29 is 57.3 Å². The van der Waals surface area contributed by atoms with E-state index < -0.39 is 127 Å².